The number of carbonyl (C=O) groups excluding carboxylic acids is 1. The first-order valence-corrected chi connectivity index (χ1v) is 11.3. The van der Waals surface area contributed by atoms with E-state index in [9.17, 15) is 4.79 Å². The molecule has 2 aromatic carbocycles. The highest BCUT2D eigenvalue weighted by atomic mass is 16.7. The van der Waals surface area contributed by atoms with Gasteiger partial charge in [0.25, 0.3) is 5.91 Å². The molecule has 6 heteroatoms. The molecule has 3 heterocycles. The van der Waals surface area contributed by atoms with Gasteiger partial charge < -0.3 is 14.8 Å². The number of rotatable bonds is 3. The van der Waals surface area contributed by atoms with Gasteiger partial charge in [0, 0.05) is 55.0 Å². The summed E-state index contributed by atoms with van der Waals surface area (Å²) in [4.78, 5) is 19.6. The van der Waals surface area contributed by atoms with Gasteiger partial charge in [-0.05, 0) is 54.3 Å². The molecule has 2 aromatic rings. The van der Waals surface area contributed by atoms with Crippen LogP contribution in [-0.4, -0.2) is 41.9 Å². The minimum absolute atomic E-state index is 0.125. The van der Waals surface area contributed by atoms with E-state index in [1.165, 1.54) is 19.3 Å². The summed E-state index contributed by atoms with van der Waals surface area (Å²) in [6.07, 6.45) is 7.68. The van der Waals surface area contributed by atoms with Gasteiger partial charge in [-0.3, -0.25) is 14.7 Å². The van der Waals surface area contributed by atoms with Gasteiger partial charge in [-0.15, -0.1) is 0 Å². The zero-order valence-electron chi connectivity index (χ0n) is 17.6. The highest BCUT2D eigenvalue weighted by molar-refractivity contribution is 6.05. The first kappa shape index (κ1) is 19.0. The lowest BCUT2D eigenvalue weighted by molar-refractivity contribution is -0.231. The Morgan fingerprint density at radius 3 is 2.77 bits per heavy atom. The minimum Gasteiger partial charge on any atom is -0.462 e. The molecule has 0 bridgehead atoms. The van der Waals surface area contributed by atoms with Gasteiger partial charge in [0.2, 0.25) is 5.79 Å². The number of carbonyl (C=O) groups is 1. The van der Waals surface area contributed by atoms with Crippen LogP contribution in [0, 0.1) is 0 Å². The van der Waals surface area contributed by atoms with Crippen molar-refractivity contribution < 1.29 is 14.3 Å². The summed E-state index contributed by atoms with van der Waals surface area (Å²) in [6.45, 7) is 3.29. The Morgan fingerprint density at radius 2 is 1.97 bits per heavy atom. The Morgan fingerprint density at radius 1 is 1.10 bits per heavy atom. The van der Waals surface area contributed by atoms with Gasteiger partial charge in [0.1, 0.15) is 5.75 Å². The predicted molar refractivity (Wildman–Crippen MR) is 119 cm³/mol. The Kier molecular flexibility index (Phi) is 4.58. The number of ether oxygens (including phenoxy) is 2. The molecule has 0 aromatic heterocycles. The molecule has 6 nitrogen and oxygen atoms in total. The van der Waals surface area contributed by atoms with Crippen molar-refractivity contribution in [1.82, 2.24) is 4.90 Å². The fourth-order valence-electron chi connectivity index (χ4n) is 4.98. The second kappa shape index (κ2) is 7.46. The van der Waals surface area contributed by atoms with E-state index in [0.29, 0.717) is 18.7 Å². The van der Waals surface area contributed by atoms with Crippen LogP contribution in [0.25, 0.3) is 0 Å². The van der Waals surface area contributed by atoms with E-state index in [4.69, 9.17) is 9.47 Å². The van der Waals surface area contributed by atoms with Crippen LogP contribution in [0.15, 0.2) is 41.4 Å². The molecule has 1 amide bonds. The first-order chi connectivity index (χ1) is 15.2. The molecule has 4 aliphatic rings. The smallest absolute Gasteiger partial charge is 0.255 e. The average Bonchev–Trinajstić information content (AvgIpc) is 3.22. The summed E-state index contributed by atoms with van der Waals surface area (Å²) in [5.41, 5.74) is 4.54. The maximum Gasteiger partial charge on any atom is 0.255 e. The number of hydrogen-bond acceptors (Lipinski definition) is 5. The van der Waals surface area contributed by atoms with Gasteiger partial charge in [0.15, 0.2) is 0 Å². The molecular formula is C25H27N3O3. The largest absolute Gasteiger partial charge is 0.462 e. The van der Waals surface area contributed by atoms with E-state index in [1.807, 2.05) is 42.6 Å². The number of piperidine rings is 1. The molecule has 1 N–H and O–H groups in total. The number of likely N-dealkylation sites (tertiary alicyclic amines) is 1. The average molecular weight is 418 g/mol. The lowest BCUT2D eigenvalue weighted by Gasteiger charge is -2.47. The molecule has 0 atom stereocenters. The van der Waals surface area contributed by atoms with E-state index >= 15 is 0 Å². The summed E-state index contributed by atoms with van der Waals surface area (Å²) >= 11 is 0. The van der Waals surface area contributed by atoms with Crippen molar-refractivity contribution in [2.45, 2.75) is 57.1 Å². The van der Waals surface area contributed by atoms with Gasteiger partial charge >= 0.3 is 0 Å². The molecule has 6 rings (SSSR count). The van der Waals surface area contributed by atoms with Crippen LogP contribution in [0.2, 0.25) is 0 Å². The number of nitrogens with zero attached hydrogens (tertiary/aromatic N) is 2. The van der Waals surface area contributed by atoms with Crippen molar-refractivity contribution in [2.24, 2.45) is 4.99 Å². The SMILES string of the molecule is O=C(Nc1ccc2c(c1)COC1(CCN(C3CCC3)CC1)O2)c1ccc2c(c1)C=NC2. The van der Waals surface area contributed by atoms with E-state index < -0.39 is 5.79 Å². The zero-order chi connectivity index (χ0) is 20.8. The van der Waals surface area contributed by atoms with Gasteiger partial charge in [-0.2, -0.15) is 0 Å². The predicted octanol–water partition coefficient (Wildman–Crippen LogP) is 4.13. The van der Waals surface area contributed by atoms with Crippen molar-refractivity contribution in [3.63, 3.8) is 0 Å². The topological polar surface area (TPSA) is 63.2 Å². The number of aliphatic imine (C=N–C) groups is 1. The van der Waals surface area contributed by atoms with Crippen molar-refractivity contribution in [3.05, 3.63) is 58.7 Å². The second-order valence-electron chi connectivity index (χ2n) is 9.08. The Bertz CT molecular complexity index is 1050. The molecular weight excluding hydrogens is 390 g/mol. The van der Waals surface area contributed by atoms with Gasteiger partial charge in [-0.25, -0.2) is 0 Å². The summed E-state index contributed by atoms with van der Waals surface area (Å²) < 4.78 is 12.6. The first-order valence-electron chi connectivity index (χ1n) is 11.3. The maximum atomic E-state index is 12.7. The van der Waals surface area contributed by atoms with E-state index in [0.717, 1.165) is 60.1 Å². The van der Waals surface area contributed by atoms with Crippen LogP contribution in [0.3, 0.4) is 0 Å². The minimum atomic E-state index is -0.496. The summed E-state index contributed by atoms with van der Waals surface area (Å²) in [6, 6.07) is 12.3. The fourth-order valence-corrected chi connectivity index (χ4v) is 4.98. The molecule has 160 valence electrons. The summed E-state index contributed by atoms with van der Waals surface area (Å²) in [7, 11) is 0. The number of nitrogens with one attached hydrogen (secondary N) is 1. The molecule has 1 spiro atoms. The lowest BCUT2D eigenvalue weighted by Crippen LogP contribution is -2.54. The van der Waals surface area contributed by atoms with Crippen molar-refractivity contribution >= 4 is 17.8 Å². The molecule has 0 radical (unpaired) electrons. The highest BCUT2D eigenvalue weighted by Crippen LogP contribution is 2.40. The van der Waals surface area contributed by atoms with Crippen LogP contribution in [0.1, 0.15) is 59.2 Å². The summed E-state index contributed by atoms with van der Waals surface area (Å²) in [5, 5.41) is 3.00. The number of fused-ring (bicyclic) bond motifs is 2. The van der Waals surface area contributed by atoms with Crippen molar-refractivity contribution in [3.8, 4) is 5.75 Å². The Labute approximate surface area is 182 Å². The molecule has 0 unspecified atom stereocenters. The third kappa shape index (κ3) is 3.54. The Hall–Kier alpha value is -2.70. The number of amides is 1. The number of anilines is 1. The molecule has 2 fully saturated rings. The lowest BCUT2D eigenvalue weighted by atomic mass is 9.89. The van der Waals surface area contributed by atoms with E-state index in [2.05, 4.69) is 15.2 Å². The second-order valence-corrected chi connectivity index (χ2v) is 9.08. The van der Waals surface area contributed by atoms with Crippen LogP contribution in [0.4, 0.5) is 5.69 Å². The molecule has 1 aliphatic carbocycles. The van der Waals surface area contributed by atoms with Gasteiger partial charge in [0.05, 0.1) is 13.2 Å². The Balaban J connectivity index is 1.12. The van der Waals surface area contributed by atoms with Crippen LogP contribution in [0.5, 0.6) is 5.75 Å². The standard InChI is InChI=1S/C25H27N3O3/c29-24(17-4-5-18-14-26-15-19(18)12-17)27-21-6-7-23-20(13-21)16-30-25(31-23)8-10-28(11-9-25)22-2-1-3-22/h4-7,12-13,15,22H,1-3,8-11,14,16H2,(H,27,29). The molecule has 1 saturated carbocycles. The summed E-state index contributed by atoms with van der Waals surface area (Å²) in [5.74, 6) is 0.250. The van der Waals surface area contributed by atoms with E-state index in [1.54, 1.807) is 0 Å². The van der Waals surface area contributed by atoms with E-state index in [-0.39, 0.29) is 5.91 Å². The van der Waals surface area contributed by atoms with Crippen molar-refractivity contribution in [1.29, 1.82) is 0 Å². The van der Waals surface area contributed by atoms with Crippen molar-refractivity contribution in [2.75, 3.05) is 18.4 Å². The monoisotopic (exact) mass is 417 g/mol. The highest BCUT2D eigenvalue weighted by Gasteiger charge is 2.42. The molecule has 1 saturated heterocycles. The maximum absolute atomic E-state index is 12.7. The normalized spacial score (nSPS) is 21.8. The number of benzene rings is 2. The molecule has 31 heavy (non-hydrogen) atoms. The molecule has 3 aliphatic heterocycles. The third-order valence-electron chi connectivity index (χ3n) is 7.16. The van der Waals surface area contributed by atoms with Gasteiger partial charge in [-0.1, -0.05) is 12.5 Å². The van der Waals surface area contributed by atoms with Crippen LogP contribution >= 0.6 is 0 Å². The third-order valence-corrected chi connectivity index (χ3v) is 7.16. The number of hydrogen-bond donors (Lipinski definition) is 1. The fraction of sp³-hybridized carbons (Fsp3) is 0.440. The zero-order valence-corrected chi connectivity index (χ0v) is 17.6. The quantitative estimate of drug-likeness (QED) is 0.816. The van der Waals surface area contributed by atoms with Crippen LogP contribution in [-0.2, 0) is 17.9 Å². The van der Waals surface area contributed by atoms with Crippen LogP contribution < -0.4 is 10.1 Å².